The molecule has 58 valence electrons. The summed E-state index contributed by atoms with van der Waals surface area (Å²) in [5.74, 6) is 1.62. The van der Waals surface area contributed by atoms with Gasteiger partial charge in [0, 0.05) is 12.6 Å². The van der Waals surface area contributed by atoms with E-state index in [1.165, 1.54) is 0 Å². The number of nitrogens with two attached hydrogens (primary N) is 1. The molecule has 11 heavy (non-hydrogen) atoms. The lowest BCUT2D eigenvalue weighted by Gasteiger charge is -2.19. The number of aliphatic hydroxyl groups is 1. The highest BCUT2D eigenvalue weighted by molar-refractivity contribution is 5.48. The molecule has 0 spiro atoms. The molecule has 0 aliphatic carbocycles. The van der Waals surface area contributed by atoms with E-state index in [1.807, 2.05) is 6.07 Å². The van der Waals surface area contributed by atoms with Crippen LogP contribution in [0.2, 0.25) is 0 Å². The summed E-state index contributed by atoms with van der Waals surface area (Å²) in [6.45, 7) is 0.253. The largest absolute Gasteiger partial charge is 0.457 e. The Balaban J connectivity index is 2.29. The molecule has 1 aromatic carbocycles. The Labute approximate surface area is 64.4 Å². The Morgan fingerprint density at radius 1 is 1.36 bits per heavy atom. The minimum Gasteiger partial charge on any atom is -0.457 e. The van der Waals surface area contributed by atoms with Crippen molar-refractivity contribution in [2.24, 2.45) is 5.73 Å². The maximum atomic E-state index is 9.30. The van der Waals surface area contributed by atoms with Crippen molar-refractivity contribution in [3.05, 3.63) is 23.8 Å². The number of hydrogen-bond donors (Lipinski definition) is 2. The van der Waals surface area contributed by atoms with Gasteiger partial charge >= 0.3 is 0 Å². The zero-order valence-corrected chi connectivity index (χ0v) is 5.95. The van der Waals surface area contributed by atoms with Crippen molar-refractivity contribution in [3.63, 3.8) is 0 Å². The zero-order valence-electron chi connectivity index (χ0n) is 5.95. The lowest BCUT2D eigenvalue weighted by Crippen LogP contribution is -2.12. The summed E-state index contributed by atoms with van der Waals surface area (Å²) in [6, 6.07) is 5.50. The zero-order chi connectivity index (χ0) is 7.84. The Kier molecular flexibility index (Phi) is 1.34. The van der Waals surface area contributed by atoms with Gasteiger partial charge in [-0.25, -0.2) is 0 Å². The molecule has 3 nitrogen and oxygen atoms in total. The summed E-state index contributed by atoms with van der Waals surface area (Å²) in [7, 11) is 0. The molecule has 3 heteroatoms. The third kappa shape index (κ3) is 0.982. The molecular weight excluding hydrogens is 142 g/mol. The average molecular weight is 151 g/mol. The summed E-state index contributed by atoms with van der Waals surface area (Å²) in [5, 5.41) is 9.30. The molecular formula is C8H9NO2. The quantitative estimate of drug-likeness (QED) is 0.667. The first-order valence-corrected chi connectivity index (χ1v) is 3.50. The second-order valence-corrected chi connectivity index (χ2v) is 2.59. The maximum absolute atomic E-state index is 9.30. The van der Waals surface area contributed by atoms with Crippen molar-refractivity contribution in [2.75, 3.05) is 6.54 Å². The second-order valence-electron chi connectivity index (χ2n) is 2.59. The molecule has 1 aromatic rings. The number of hydrogen-bond acceptors (Lipinski definition) is 3. The third-order valence-electron chi connectivity index (χ3n) is 1.75. The molecule has 0 radical (unpaired) electrons. The van der Waals surface area contributed by atoms with E-state index in [4.69, 9.17) is 10.5 Å². The number of rotatable bonds is 2. The molecule has 1 unspecified atom stereocenters. The first-order valence-electron chi connectivity index (χ1n) is 3.50. The van der Waals surface area contributed by atoms with Gasteiger partial charge in [0.25, 0.3) is 0 Å². The molecule has 2 aliphatic rings. The second kappa shape index (κ2) is 2.22. The molecule has 3 rings (SSSR count). The highest BCUT2D eigenvalue weighted by Crippen LogP contribution is 2.37. The first kappa shape index (κ1) is 6.64. The summed E-state index contributed by atoms with van der Waals surface area (Å²) in [4.78, 5) is 0. The van der Waals surface area contributed by atoms with E-state index in [0.717, 1.165) is 17.1 Å². The molecule has 2 heterocycles. The van der Waals surface area contributed by atoms with Gasteiger partial charge in [0.2, 0.25) is 0 Å². The van der Waals surface area contributed by atoms with Crippen molar-refractivity contribution in [3.8, 4) is 11.5 Å². The van der Waals surface area contributed by atoms with Gasteiger partial charge in [0.15, 0.2) is 0 Å². The molecule has 0 saturated carbocycles. The summed E-state index contributed by atoms with van der Waals surface area (Å²) < 4.78 is 5.09. The number of fused-ring (bicyclic) bond motifs is 2. The standard InChI is InChI=1S/C8H9NO2/c9-4-8(10)5-1-6-3-7(2-5)11-6/h1-3,8,10H,4,9H2. The van der Waals surface area contributed by atoms with Crippen LogP contribution in [-0.4, -0.2) is 11.7 Å². The topological polar surface area (TPSA) is 55.5 Å². The van der Waals surface area contributed by atoms with Gasteiger partial charge < -0.3 is 15.6 Å². The van der Waals surface area contributed by atoms with Gasteiger partial charge in [-0.05, 0) is 17.7 Å². The molecule has 1 atom stereocenters. The minimum atomic E-state index is -0.558. The molecule has 3 N–H and O–H groups in total. The van der Waals surface area contributed by atoms with Gasteiger partial charge in [-0.2, -0.15) is 0 Å². The highest BCUT2D eigenvalue weighted by atomic mass is 16.5. The molecule has 0 saturated heterocycles. The lowest BCUT2D eigenvalue weighted by atomic mass is 10.1. The van der Waals surface area contributed by atoms with Crippen molar-refractivity contribution in [1.29, 1.82) is 0 Å². The van der Waals surface area contributed by atoms with E-state index < -0.39 is 6.10 Å². The fourth-order valence-electron chi connectivity index (χ4n) is 1.12. The number of benzene rings is 1. The van der Waals surface area contributed by atoms with E-state index in [1.54, 1.807) is 12.1 Å². The minimum absolute atomic E-state index is 0.253. The lowest BCUT2D eigenvalue weighted by molar-refractivity contribution is 0.185. The van der Waals surface area contributed by atoms with Gasteiger partial charge in [-0.1, -0.05) is 0 Å². The Hall–Kier alpha value is -1.06. The molecule has 0 fully saturated rings. The van der Waals surface area contributed by atoms with Crippen LogP contribution in [-0.2, 0) is 0 Å². The van der Waals surface area contributed by atoms with Gasteiger partial charge in [-0.3, -0.25) is 0 Å². The van der Waals surface area contributed by atoms with Crippen LogP contribution in [0, 0.1) is 0 Å². The third-order valence-corrected chi connectivity index (χ3v) is 1.75. The Bertz CT molecular complexity index is 265. The van der Waals surface area contributed by atoms with Gasteiger partial charge in [0.1, 0.15) is 11.5 Å². The van der Waals surface area contributed by atoms with Crippen LogP contribution in [0.1, 0.15) is 11.7 Å². The van der Waals surface area contributed by atoms with Crippen molar-refractivity contribution >= 4 is 0 Å². The van der Waals surface area contributed by atoms with Crippen molar-refractivity contribution < 1.29 is 9.84 Å². The van der Waals surface area contributed by atoms with Crippen LogP contribution in [0.4, 0.5) is 0 Å². The Morgan fingerprint density at radius 2 is 1.91 bits per heavy atom. The smallest absolute Gasteiger partial charge is 0.131 e. The monoisotopic (exact) mass is 151 g/mol. The van der Waals surface area contributed by atoms with Crippen LogP contribution in [0.25, 0.3) is 0 Å². The Morgan fingerprint density at radius 3 is 2.36 bits per heavy atom. The van der Waals surface area contributed by atoms with E-state index in [2.05, 4.69) is 0 Å². The first-order chi connectivity index (χ1) is 5.29. The predicted molar refractivity (Wildman–Crippen MR) is 40.5 cm³/mol. The van der Waals surface area contributed by atoms with Gasteiger partial charge in [-0.15, -0.1) is 0 Å². The van der Waals surface area contributed by atoms with Crippen LogP contribution in [0.15, 0.2) is 18.2 Å². The number of aliphatic hydroxyl groups excluding tert-OH is 1. The van der Waals surface area contributed by atoms with Crippen molar-refractivity contribution in [1.82, 2.24) is 0 Å². The molecule has 0 aromatic heterocycles. The fourth-order valence-corrected chi connectivity index (χ4v) is 1.12. The van der Waals surface area contributed by atoms with E-state index in [9.17, 15) is 5.11 Å². The van der Waals surface area contributed by atoms with E-state index in [0.29, 0.717) is 0 Å². The van der Waals surface area contributed by atoms with E-state index >= 15 is 0 Å². The molecule has 2 bridgehead atoms. The maximum Gasteiger partial charge on any atom is 0.131 e. The van der Waals surface area contributed by atoms with Crippen LogP contribution in [0.3, 0.4) is 0 Å². The molecule has 2 aliphatic heterocycles. The SMILES string of the molecule is NCC(O)c1cc2cc(c1)O2. The van der Waals surface area contributed by atoms with Crippen LogP contribution in [0.5, 0.6) is 11.5 Å². The highest BCUT2D eigenvalue weighted by Gasteiger charge is 2.15. The molecule has 0 amide bonds. The van der Waals surface area contributed by atoms with E-state index in [-0.39, 0.29) is 6.54 Å². The predicted octanol–water partition coefficient (Wildman–Crippen LogP) is 0.784. The van der Waals surface area contributed by atoms with Crippen LogP contribution < -0.4 is 10.5 Å². The van der Waals surface area contributed by atoms with Crippen LogP contribution >= 0.6 is 0 Å². The number of ether oxygens (including phenoxy) is 1. The fraction of sp³-hybridized carbons (Fsp3) is 0.250. The summed E-state index contributed by atoms with van der Waals surface area (Å²) >= 11 is 0. The normalized spacial score (nSPS) is 15.1. The average Bonchev–Trinajstić information content (AvgIpc) is 2.02. The summed E-state index contributed by atoms with van der Waals surface area (Å²) in [5.41, 5.74) is 6.12. The summed E-state index contributed by atoms with van der Waals surface area (Å²) in [6.07, 6.45) is -0.558. The van der Waals surface area contributed by atoms with Crippen molar-refractivity contribution in [2.45, 2.75) is 6.10 Å². The van der Waals surface area contributed by atoms with Gasteiger partial charge in [0.05, 0.1) is 6.10 Å².